The fourth-order valence-corrected chi connectivity index (χ4v) is 3.69. The highest BCUT2D eigenvalue weighted by molar-refractivity contribution is 5.68. The summed E-state index contributed by atoms with van der Waals surface area (Å²) in [5.41, 5.74) is 1.35. The molecule has 0 aliphatic heterocycles. The van der Waals surface area contributed by atoms with Crippen LogP contribution in [0.25, 0.3) is 0 Å². The van der Waals surface area contributed by atoms with Crippen LogP contribution in [0, 0.1) is 11.3 Å². The molecule has 0 spiro atoms. The van der Waals surface area contributed by atoms with Gasteiger partial charge in [0.25, 0.3) is 0 Å². The summed E-state index contributed by atoms with van der Waals surface area (Å²) in [5.74, 6) is 1.04. The van der Waals surface area contributed by atoms with Crippen LogP contribution in [-0.4, -0.2) is 40.7 Å². The smallest absolute Gasteiger partial charge is 0.407 e. The molecule has 3 N–H and O–H groups in total. The number of aliphatic imine (C=N–C) groups is 1. The van der Waals surface area contributed by atoms with Gasteiger partial charge in [0.2, 0.25) is 0 Å². The first-order valence-corrected chi connectivity index (χ1v) is 9.88. The quantitative estimate of drug-likeness (QED) is 0.490. The molecule has 1 amide bonds. The zero-order chi connectivity index (χ0) is 20.0. The van der Waals surface area contributed by atoms with Crippen molar-refractivity contribution in [3.8, 4) is 6.07 Å². The standard InChI is InChI=1S/C20H28N6O2/c1-3-15(13-21)22-9-10-23-18-12-17(25-26-18)14-5-6-16(11-14)28-19(27)24-20(2)7-4-8-20/h3,9,12,14,16H,4-8,10-11H2,1-2H3,(H,24,27)(H2,23,25,26)/b15-3-,22-9?. The average Bonchev–Trinajstić information content (AvgIpc) is 3.30. The summed E-state index contributed by atoms with van der Waals surface area (Å²) in [6.45, 7) is 4.33. The zero-order valence-electron chi connectivity index (χ0n) is 16.5. The van der Waals surface area contributed by atoms with Crippen molar-refractivity contribution in [2.45, 2.75) is 69.9 Å². The maximum atomic E-state index is 12.1. The van der Waals surface area contributed by atoms with Gasteiger partial charge in [-0.25, -0.2) is 9.79 Å². The van der Waals surface area contributed by atoms with Crippen molar-refractivity contribution in [3.05, 3.63) is 23.5 Å². The number of allylic oxidation sites excluding steroid dienone is 2. The van der Waals surface area contributed by atoms with Gasteiger partial charge in [0.1, 0.15) is 23.7 Å². The maximum absolute atomic E-state index is 12.1. The Bertz CT molecular complexity index is 787. The second-order valence-corrected chi connectivity index (χ2v) is 7.76. The second kappa shape index (κ2) is 8.91. The summed E-state index contributed by atoms with van der Waals surface area (Å²) in [7, 11) is 0. The molecule has 0 radical (unpaired) electrons. The van der Waals surface area contributed by atoms with Crippen LogP contribution in [0.4, 0.5) is 10.6 Å². The highest BCUT2D eigenvalue weighted by atomic mass is 16.6. The molecule has 2 atom stereocenters. The molecule has 3 rings (SSSR count). The Morgan fingerprint density at radius 2 is 2.36 bits per heavy atom. The van der Waals surface area contributed by atoms with E-state index in [4.69, 9.17) is 10.00 Å². The van der Waals surface area contributed by atoms with Gasteiger partial charge in [-0.15, -0.1) is 0 Å². The molecule has 8 nitrogen and oxygen atoms in total. The van der Waals surface area contributed by atoms with Crippen molar-refractivity contribution in [3.63, 3.8) is 0 Å². The third-order valence-electron chi connectivity index (χ3n) is 5.55. The number of alkyl carbamates (subject to hydrolysis) is 1. The lowest BCUT2D eigenvalue weighted by molar-refractivity contribution is 0.0813. The summed E-state index contributed by atoms with van der Waals surface area (Å²) in [5, 5.41) is 22.3. The van der Waals surface area contributed by atoms with E-state index < -0.39 is 0 Å². The van der Waals surface area contributed by atoms with Gasteiger partial charge in [-0.3, -0.25) is 5.10 Å². The van der Waals surface area contributed by atoms with Gasteiger partial charge in [0, 0.05) is 29.4 Å². The maximum Gasteiger partial charge on any atom is 0.407 e. The predicted molar refractivity (Wildman–Crippen MR) is 107 cm³/mol. The van der Waals surface area contributed by atoms with E-state index in [2.05, 4.69) is 32.7 Å². The molecule has 0 bridgehead atoms. The fourth-order valence-electron chi connectivity index (χ4n) is 3.69. The number of amides is 1. The molecule has 2 aliphatic rings. The molecular weight excluding hydrogens is 356 g/mol. The topological polar surface area (TPSA) is 115 Å². The van der Waals surface area contributed by atoms with E-state index in [0.717, 1.165) is 43.6 Å². The molecule has 0 saturated heterocycles. The number of ether oxygens (including phenoxy) is 1. The fraction of sp³-hybridized carbons (Fsp3) is 0.600. The highest BCUT2D eigenvalue weighted by Crippen LogP contribution is 2.36. The molecule has 150 valence electrons. The molecular formula is C20H28N6O2. The van der Waals surface area contributed by atoms with Gasteiger partial charge in [-0.2, -0.15) is 10.4 Å². The number of nitrogens with one attached hydrogen (secondary N) is 3. The number of hydrogen-bond donors (Lipinski definition) is 3. The SMILES string of the molecule is C/C=C(/C#N)N=CCNc1cc(C2CCC(OC(=O)NC3(C)CCC3)C2)[nH]n1. The van der Waals surface area contributed by atoms with Crippen LogP contribution >= 0.6 is 0 Å². The molecule has 8 heteroatoms. The van der Waals surface area contributed by atoms with Gasteiger partial charge >= 0.3 is 6.09 Å². The first-order valence-electron chi connectivity index (χ1n) is 9.88. The van der Waals surface area contributed by atoms with Gasteiger partial charge < -0.3 is 15.4 Å². The van der Waals surface area contributed by atoms with E-state index in [1.54, 1.807) is 19.2 Å². The van der Waals surface area contributed by atoms with E-state index >= 15 is 0 Å². The van der Waals surface area contributed by atoms with Crippen LogP contribution in [-0.2, 0) is 4.74 Å². The Kier molecular flexibility index (Phi) is 6.34. The number of hydrogen-bond acceptors (Lipinski definition) is 6. The number of rotatable bonds is 7. The van der Waals surface area contributed by atoms with Crippen molar-refractivity contribution in [2.24, 2.45) is 4.99 Å². The number of H-pyrrole nitrogens is 1. The predicted octanol–water partition coefficient (Wildman–Crippen LogP) is 3.62. The number of nitriles is 1. The Morgan fingerprint density at radius 3 is 3.04 bits per heavy atom. The van der Waals surface area contributed by atoms with Gasteiger partial charge in [-0.1, -0.05) is 6.08 Å². The molecule has 2 unspecified atom stereocenters. The number of aromatic nitrogens is 2. The van der Waals surface area contributed by atoms with Crippen LogP contribution in [0.2, 0.25) is 0 Å². The van der Waals surface area contributed by atoms with E-state index in [0.29, 0.717) is 18.2 Å². The van der Waals surface area contributed by atoms with Gasteiger partial charge in [-0.05, 0) is 52.4 Å². The summed E-state index contributed by atoms with van der Waals surface area (Å²) in [6.07, 6.45) is 8.81. The van der Waals surface area contributed by atoms with Crippen molar-refractivity contribution in [1.29, 1.82) is 5.26 Å². The third kappa shape index (κ3) is 5.12. The zero-order valence-corrected chi connectivity index (χ0v) is 16.5. The molecule has 0 aromatic carbocycles. The summed E-state index contributed by atoms with van der Waals surface area (Å²) >= 11 is 0. The number of aromatic amines is 1. The molecule has 2 aliphatic carbocycles. The first-order chi connectivity index (χ1) is 13.5. The van der Waals surface area contributed by atoms with Crippen LogP contribution in [0.5, 0.6) is 0 Å². The lowest BCUT2D eigenvalue weighted by Crippen LogP contribution is -2.51. The Hall–Kier alpha value is -2.82. The van der Waals surface area contributed by atoms with E-state index in [9.17, 15) is 4.79 Å². The van der Waals surface area contributed by atoms with E-state index in [1.165, 1.54) is 6.42 Å². The minimum absolute atomic E-state index is 0.0502. The Balaban J connectivity index is 1.43. The van der Waals surface area contributed by atoms with Crippen molar-refractivity contribution >= 4 is 18.1 Å². The molecule has 28 heavy (non-hydrogen) atoms. The Morgan fingerprint density at radius 1 is 1.54 bits per heavy atom. The molecule has 1 aromatic rings. The summed E-state index contributed by atoms with van der Waals surface area (Å²) < 4.78 is 5.62. The Labute approximate surface area is 165 Å². The monoisotopic (exact) mass is 384 g/mol. The number of anilines is 1. The minimum Gasteiger partial charge on any atom is -0.446 e. The lowest BCUT2D eigenvalue weighted by atomic mass is 9.79. The summed E-state index contributed by atoms with van der Waals surface area (Å²) in [6, 6.07) is 3.98. The van der Waals surface area contributed by atoms with Gasteiger partial charge in [0.05, 0.1) is 6.54 Å². The third-order valence-corrected chi connectivity index (χ3v) is 5.55. The number of nitrogens with zero attached hydrogens (tertiary/aromatic N) is 3. The van der Waals surface area contributed by atoms with Crippen LogP contribution in [0.3, 0.4) is 0 Å². The van der Waals surface area contributed by atoms with Crippen molar-refractivity contribution in [2.75, 3.05) is 11.9 Å². The minimum atomic E-state index is -0.294. The average molecular weight is 384 g/mol. The van der Waals surface area contributed by atoms with E-state index in [1.807, 2.05) is 12.1 Å². The van der Waals surface area contributed by atoms with Crippen LogP contribution in [0.15, 0.2) is 22.8 Å². The normalized spacial score (nSPS) is 23.8. The molecule has 2 fully saturated rings. The summed E-state index contributed by atoms with van der Waals surface area (Å²) in [4.78, 5) is 16.1. The van der Waals surface area contributed by atoms with Crippen molar-refractivity contribution < 1.29 is 9.53 Å². The largest absolute Gasteiger partial charge is 0.446 e. The van der Waals surface area contributed by atoms with Gasteiger partial charge in [0.15, 0.2) is 0 Å². The first kappa shape index (κ1) is 19.9. The molecule has 1 heterocycles. The number of carbonyl (C=O) groups excluding carboxylic acids is 1. The molecule has 2 saturated carbocycles. The number of carbonyl (C=O) groups is 1. The second-order valence-electron chi connectivity index (χ2n) is 7.76. The lowest BCUT2D eigenvalue weighted by Gasteiger charge is -2.38. The highest BCUT2D eigenvalue weighted by Gasteiger charge is 2.35. The van der Waals surface area contributed by atoms with E-state index in [-0.39, 0.29) is 17.7 Å². The molecule has 1 aromatic heterocycles. The van der Waals surface area contributed by atoms with Crippen LogP contribution in [0.1, 0.15) is 64.0 Å². The van der Waals surface area contributed by atoms with Crippen LogP contribution < -0.4 is 10.6 Å². The van der Waals surface area contributed by atoms with Crippen molar-refractivity contribution in [1.82, 2.24) is 15.5 Å².